The molecule has 0 bridgehead atoms. The van der Waals surface area contributed by atoms with Crippen molar-refractivity contribution in [3.05, 3.63) is 125 Å². The molecule has 0 radical (unpaired) electrons. The second-order valence-electron chi connectivity index (χ2n) is 14.6. The van der Waals surface area contributed by atoms with E-state index in [9.17, 15) is 9.59 Å². The molecule has 2 amide bonds. The van der Waals surface area contributed by atoms with E-state index in [0.29, 0.717) is 19.5 Å². The lowest BCUT2D eigenvalue weighted by molar-refractivity contribution is -0.131. The molecule has 1 N–H and O–H groups in total. The number of amides is 2. The summed E-state index contributed by atoms with van der Waals surface area (Å²) in [7, 11) is 1.65. The lowest BCUT2D eigenvalue weighted by Gasteiger charge is -2.32. The maximum absolute atomic E-state index is 13.7. The van der Waals surface area contributed by atoms with Gasteiger partial charge < -0.3 is 19.9 Å². The molecule has 0 unspecified atom stereocenters. The van der Waals surface area contributed by atoms with Crippen molar-refractivity contribution in [2.24, 2.45) is 11.8 Å². The molecule has 6 nitrogen and oxygen atoms in total. The number of ether oxygens (including phenoxy) is 1. The van der Waals surface area contributed by atoms with Crippen molar-refractivity contribution in [2.45, 2.75) is 70.8 Å². The molecular weight excluding hydrogens is 631 g/mol. The molecule has 51 heavy (non-hydrogen) atoms. The van der Waals surface area contributed by atoms with Crippen LogP contribution in [0.2, 0.25) is 0 Å². The molecule has 2 fully saturated rings. The first kappa shape index (κ1) is 36.4. The Morgan fingerprint density at radius 2 is 1.39 bits per heavy atom. The van der Waals surface area contributed by atoms with Crippen LogP contribution in [0.15, 0.2) is 103 Å². The van der Waals surface area contributed by atoms with E-state index >= 15 is 0 Å². The third kappa shape index (κ3) is 10.8. The number of carbonyl (C=O) groups excluding carboxylic acids is 2. The largest absolute Gasteiger partial charge is 0.497 e. The first-order valence-electron chi connectivity index (χ1n) is 19.2. The van der Waals surface area contributed by atoms with Crippen LogP contribution in [0.4, 0.5) is 0 Å². The van der Waals surface area contributed by atoms with Crippen LogP contribution in [0.3, 0.4) is 0 Å². The number of hydrogen-bond donors (Lipinski definition) is 1. The maximum atomic E-state index is 13.7. The lowest BCUT2D eigenvalue weighted by atomic mass is 9.87. The molecule has 2 heterocycles. The molecule has 268 valence electrons. The van der Waals surface area contributed by atoms with E-state index in [-0.39, 0.29) is 11.8 Å². The van der Waals surface area contributed by atoms with Gasteiger partial charge in [0.15, 0.2) is 0 Å². The molecule has 0 spiro atoms. The fourth-order valence-electron chi connectivity index (χ4n) is 7.81. The second kappa shape index (κ2) is 18.7. The molecule has 4 aromatic rings. The summed E-state index contributed by atoms with van der Waals surface area (Å²) in [4.78, 5) is 31.4. The molecule has 2 aliphatic heterocycles. The van der Waals surface area contributed by atoms with Gasteiger partial charge >= 0.3 is 0 Å². The molecule has 0 aliphatic carbocycles. The normalized spacial score (nSPS) is 15.4. The summed E-state index contributed by atoms with van der Waals surface area (Å²) in [6, 6.07) is 34.7. The van der Waals surface area contributed by atoms with Crippen LogP contribution in [0, 0.1) is 11.8 Å². The average Bonchev–Trinajstić information content (AvgIpc) is 3.19. The van der Waals surface area contributed by atoms with Crippen molar-refractivity contribution in [2.75, 3.05) is 39.8 Å². The minimum Gasteiger partial charge on any atom is -0.497 e. The number of nitrogens with one attached hydrogen (secondary N) is 1. The predicted molar refractivity (Wildman–Crippen MR) is 207 cm³/mol. The highest BCUT2D eigenvalue weighted by Crippen LogP contribution is 2.28. The minimum atomic E-state index is 0.108. The molecule has 0 atom stereocenters. The smallest absolute Gasteiger partial charge is 0.253 e. The van der Waals surface area contributed by atoms with E-state index in [1.807, 2.05) is 53.4 Å². The summed E-state index contributed by atoms with van der Waals surface area (Å²) in [6.45, 7) is 5.26. The van der Waals surface area contributed by atoms with E-state index in [1.54, 1.807) is 7.11 Å². The molecule has 2 saturated heterocycles. The summed E-state index contributed by atoms with van der Waals surface area (Å²) in [5.74, 6) is 2.67. The molecule has 6 heteroatoms. The number of nitrogens with zero attached hydrogens (tertiary/aromatic N) is 2. The monoisotopic (exact) mass is 685 g/mol. The Labute approximate surface area is 305 Å². The fourth-order valence-corrected chi connectivity index (χ4v) is 7.81. The minimum absolute atomic E-state index is 0.108. The number of rotatable bonds is 15. The van der Waals surface area contributed by atoms with Crippen molar-refractivity contribution in [3.63, 3.8) is 0 Å². The Bertz CT molecular complexity index is 1670. The summed E-state index contributed by atoms with van der Waals surface area (Å²) >= 11 is 0. The van der Waals surface area contributed by atoms with Gasteiger partial charge in [-0.2, -0.15) is 0 Å². The highest BCUT2D eigenvalue weighted by molar-refractivity contribution is 5.95. The molecule has 0 aromatic heterocycles. The number of aryl methyl sites for hydroxylation is 1. The molecule has 2 aliphatic rings. The van der Waals surface area contributed by atoms with Crippen LogP contribution >= 0.6 is 0 Å². The Hall–Kier alpha value is -4.42. The van der Waals surface area contributed by atoms with Gasteiger partial charge in [0.25, 0.3) is 5.91 Å². The summed E-state index contributed by atoms with van der Waals surface area (Å²) in [5, 5.41) is 3.48. The van der Waals surface area contributed by atoms with E-state index in [1.165, 1.54) is 50.8 Å². The maximum Gasteiger partial charge on any atom is 0.253 e. The van der Waals surface area contributed by atoms with Crippen LogP contribution in [0.25, 0.3) is 11.1 Å². The highest BCUT2D eigenvalue weighted by atomic mass is 16.5. The van der Waals surface area contributed by atoms with Gasteiger partial charge in [-0.1, -0.05) is 92.1 Å². The number of benzene rings is 4. The Morgan fingerprint density at radius 3 is 2.12 bits per heavy atom. The quantitative estimate of drug-likeness (QED) is 0.136. The van der Waals surface area contributed by atoms with Crippen LogP contribution in [0.5, 0.6) is 5.75 Å². The zero-order chi connectivity index (χ0) is 35.3. The molecular formula is C45H55N3O3. The topological polar surface area (TPSA) is 61.9 Å². The number of hydrogen-bond acceptors (Lipinski definition) is 4. The van der Waals surface area contributed by atoms with Crippen molar-refractivity contribution in [1.82, 2.24) is 15.1 Å². The number of carbonyl (C=O) groups is 2. The van der Waals surface area contributed by atoms with Gasteiger partial charge in [0.1, 0.15) is 5.75 Å². The van der Waals surface area contributed by atoms with Crippen LogP contribution in [-0.2, 0) is 24.2 Å². The summed E-state index contributed by atoms with van der Waals surface area (Å²) in [6.07, 6.45) is 11.0. The van der Waals surface area contributed by atoms with E-state index < -0.39 is 0 Å². The number of likely N-dealkylation sites (tertiary alicyclic amines) is 1. The number of methoxy groups -OCH3 is 1. The summed E-state index contributed by atoms with van der Waals surface area (Å²) < 4.78 is 5.31. The van der Waals surface area contributed by atoms with Gasteiger partial charge in [-0.15, -0.1) is 0 Å². The third-order valence-corrected chi connectivity index (χ3v) is 10.9. The van der Waals surface area contributed by atoms with Gasteiger partial charge in [-0.3, -0.25) is 9.59 Å². The Kier molecular flexibility index (Phi) is 13.3. The van der Waals surface area contributed by atoms with E-state index in [2.05, 4.69) is 64.8 Å². The Balaban J connectivity index is 1.07. The van der Waals surface area contributed by atoms with Gasteiger partial charge in [0.05, 0.1) is 13.5 Å². The van der Waals surface area contributed by atoms with Gasteiger partial charge in [0, 0.05) is 31.7 Å². The first-order valence-corrected chi connectivity index (χ1v) is 19.2. The highest BCUT2D eigenvalue weighted by Gasteiger charge is 2.24. The summed E-state index contributed by atoms with van der Waals surface area (Å²) in [5.41, 5.74) is 6.16. The predicted octanol–water partition coefficient (Wildman–Crippen LogP) is 8.59. The first-order chi connectivity index (χ1) is 25.0. The van der Waals surface area contributed by atoms with Gasteiger partial charge in [-0.05, 0) is 122 Å². The molecule has 4 aromatic carbocycles. The fraction of sp³-hybridized carbons (Fsp3) is 0.422. The van der Waals surface area contributed by atoms with Crippen LogP contribution < -0.4 is 10.1 Å². The lowest BCUT2D eigenvalue weighted by Crippen LogP contribution is -2.38. The second-order valence-corrected chi connectivity index (χ2v) is 14.6. The van der Waals surface area contributed by atoms with E-state index in [4.69, 9.17) is 4.74 Å². The van der Waals surface area contributed by atoms with Crippen LogP contribution in [-0.4, -0.2) is 61.4 Å². The van der Waals surface area contributed by atoms with Crippen LogP contribution in [0.1, 0.15) is 78.4 Å². The third-order valence-electron chi connectivity index (χ3n) is 10.9. The van der Waals surface area contributed by atoms with Crippen molar-refractivity contribution < 1.29 is 14.3 Å². The van der Waals surface area contributed by atoms with Crippen molar-refractivity contribution in [3.8, 4) is 16.9 Å². The zero-order valence-electron chi connectivity index (χ0n) is 30.4. The van der Waals surface area contributed by atoms with Gasteiger partial charge in [0.2, 0.25) is 5.91 Å². The van der Waals surface area contributed by atoms with Crippen molar-refractivity contribution in [1.29, 1.82) is 0 Å². The Morgan fingerprint density at radius 1 is 0.725 bits per heavy atom. The zero-order valence-corrected chi connectivity index (χ0v) is 30.4. The standard InChI is InChI=1S/C45H55N3O3/c1-51-43-20-18-38(19-21-43)32-44(49)48(28-8-14-35-9-3-2-4-10-35)34-39-13-6-15-40(31-39)41-16-7-17-42(33-41)45(50)47-29-24-37(25-30-47)12-5-11-36-22-26-46-27-23-36/h2-4,6-7,9-10,13,15-21,31,33,36-37,46H,5,8,11-12,14,22-30,32,34H2,1H3. The molecule has 6 rings (SSSR count). The van der Waals surface area contributed by atoms with E-state index in [0.717, 1.165) is 84.2 Å². The SMILES string of the molecule is COc1ccc(CC(=O)N(CCCc2ccccc2)Cc2cccc(-c3cccc(C(=O)N4CCC(CCCC5CCNCC5)CC4)c3)c2)cc1. The molecule has 0 saturated carbocycles. The van der Waals surface area contributed by atoms with Gasteiger partial charge in [-0.25, -0.2) is 0 Å². The number of piperidine rings is 2. The van der Waals surface area contributed by atoms with Crippen molar-refractivity contribution >= 4 is 11.8 Å². The average molecular weight is 686 g/mol.